The Morgan fingerprint density at radius 1 is 1.10 bits per heavy atom. The molecule has 0 radical (unpaired) electrons. The van der Waals surface area contributed by atoms with Crippen LogP contribution in [0.4, 0.5) is 5.69 Å². The maximum Gasteiger partial charge on any atom is 0.0415 e. The molecule has 0 bridgehead atoms. The fourth-order valence-electron chi connectivity index (χ4n) is 2.93. The Morgan fingerprint density at radius 3 is 2.25 bits per heavy atom. The van der Waals surface area contributed by atoms with Crippen LogP contribution < -0.4 is 10.6 Å². The minimum absolute atomic E-state index is 0.145. The second-order valence-corrected chi connectivity index (χ2v) is 6.72. The minimum atomic E-state index is 0.145. The summed E-state index contributed by atoms with van der Waals surface area (Å²) in [5.41, 5.74) is 9.15. The molecule has 0 spiro atoms. The van der Waals surface area contributed by atoms with E-state index >= 15 is 0 Å². The van der Waals surface area contributed by atoms with E-state index < -0.39 is 0 Å². The van der Waals surface area contributed by atoms with E-state index in [4.69, 9.17) is 5.73 Å². The van der Waals surface area contributed by atoms with Gasteiger partial charge in [0.2, 0.25) is 0 Å². The number of benzene rings is 1. The second-order valence-electron chi connectivity index (χ2n) is 6.72. The van der Waals surface area contributed by atoms with Crippen LogP contribution in [-0.2, 0) is 0 Å². The molecular formula is C17H29N3. The zero-order chi connectivity index (χ0) is 14.8. The molecule has 112 valence electrons. The average Bonchev–Trinajstić information content (AvgIpc) is 2.45. The van der Waals surface area contributed by atoms with Gasteiger partial charge in [0.05, 0.1) is 0 Å². The summed E-state index contributed by atoms with van der Waals surface area (Å²) < 4.78 is 0. The number of piperazine rings is 1. The largest absolute Gasteiger partial charge is 0.369 e. The smallest absolute Gasteiger partial charge is 0.0415 e. The molecule has 20 heavy (non-hydrogen) atoms. The molecule has 0 saturated carbocycles. The van der Waals surface area contributed by atoms with Crippen LogP contribution in [0.25, 0.3) is 0 Å². The SMILES string of the molecule is CC[C@@H](N)c1ccccc1N1CCN(C(C)(C)C)CC1. The van der Waals surface area contributed by atoms with Gasteiger partial charge in [-0.05, 0) is 38.8 Å². The molecule has 2 N–H and O–H groups in total. The molecule has 1 aromatic rings. The van der Waals surface area contributed by atoms with Crippen molar-refractivity contribution in [2.75, 3.05) is 31.1 Å². The van der Waals surface area contributed by atoms with E-state index in [1.54, 1.807) is 0 Å². The van der Waals surface area contributed by atoms with Crippen molar-refractivity contribution in [1.29, 1.82) is 0 Å². The lowest BCUT2D eigenvalue weighted by Crippen LogP contribution is -2.53. The first-order chi connectivity index (χ1) is 9.43. The van der Waals surface area contributed by atoms with Crippen molar-refractivity contribution in [3.63, 3.8) is 0 Å². The summed E-state index contributed by atoms with van der Waals surface area (Å²) in [6.07, 6.45) is 0.985. The summed E-state index contributed by atoms with van der Waals surface area (Å²) in [6.45, 7) is 13.5. The Hall–Kier alpha value is -1.06. The van der Waals surface area contributed by atoms with E-state index in [1.165, 1.54) is 11.3 Å². The van der Waals surface area contributed by atoms with E-state index in [0.29, 0.717) is 0 Å². The van der Waals surface area contributed by atoms with Crippen LogP contribution in [0, 0.1) is 0 Å². The fourth-order valence-corrected chi connectivity index (χ4v) is 2.93. The summed E-state index contributed by atoms with van der Waals surface area (Å²) >= 11 is 0. The number of nitrogens with zero attached hydrogens (tertiary/aromatic N) is 2. The Bertz CT molecular complexity index is 428. The summed E-state index contributed by atoms with van der Waals surface area (Å²) in [5, 5.41) is 0. The highest BCUT2D eigenvalue weighted by atomic mass is 15.3. The van der Waals surface area contributed by atoms with Crippen molar-refractivity contribution in [3.05, 3.63) is 29.8 Å². The molecule has 2 rings (SSSR count). The van der Waals surface area contributed by atoms with E-state index in [0.717, 1.165) is 32.6 Å². The first-order valence-corrected chi connectivity index (χ1v) is 7.78. The summed E-state index contributed by atoms with van der Waals surface area (Å²) in [4.78, 5) is 5.05. The first kappa shape index (κ1) is 15.3. The predicted octanol–water partition coefficient (Wildman–Crippen LogP) is 3.02. The van der Waals surface area contributed by atoms with Crippen LogP contribution in [0.3, 0.4) is 0 Å². The summed E-state index contributed by atoms with van der Waals surface area (Å²) in [6, 6.07) is 8.76. The van der Waals surface area contributed by atoms with Crippen molar-refractivity contribution < 1.29 is 0 Å². The van der Waals surface area contributed by atoms with Crippen LogP contribution in [-0.4, -0.2) is 36.6 Å². The molecule has 1 aliphatic rings. The van der Waals surface area contributed by atoms with Gasteiger partial charge in [0.1, 0.15) is 0 Å². The molecule has 1 aliphatic heterocycles. The van der Waals surface area contributed by atoms with Crippen molar-refractivity contribution in [2.45, 2.75) is 45.7 Å². The monoisotopic (exact) mass is 275 g/mol. The molecule has 3 nitrogen and oxygen atoms in total. The highest BCUT2D eigenvalue weighted by Crippen LogP contribution is 2.28. The lowest BCUT2D eigenvalue weighted by Gasteiger charge is -2.43. The number of hydrogen-bond donors (Lipinski definition) is 1. The molecular weight excluding hydrogens is 246 g/mol. The van der Waals surface area contributed by atoms with Gasteiger partial charge < -0.3 is 10.6 Å². The lowest BCUT2D eigenvalue weighted by atomic mass is 10.0. The van der Waals surface area contributed by atoms with Crippen LogP contribution in [0.15, 0.2) is 24.3 Å². The number of rotatable bonds is 3. The first-order valence-electron chi connectivity index (χ1n) is 7.78. The van der Waals surface area contributed by atoms with Gasteiger partial charge in [-0.2, -0.15) is 0 Å². The van der Waals surface area contributed by atoms with Crippen molar-refractivity contribution in [3.8, 4) is 0 Å². The lowest BCUT2D eigenvalue weighted by molar-refractivity contribution is 0.128. The van der Waals surface area contributed by atoms with E-state index in [9.17, 15) is 0 Å². The number of nitrogens with two attached hydrogens (primary N) is 1. The second kappa shape index (κ2) is 6.15. The number of hydrogen-bond acceptors (Lipinski definition) is 3. The van der Waals surface area contributed by atoms with Crippen molar-refractivity contribution in [1.82, 2.24) is 4.90 Å². The third-order valence-electron chi connectivity index (χ3n) is 4.35. The summed E-state index contributed by atoms with van der Waals surface area (Å²) in [7, 11) is 0. The summed E-state index contributed by atoms with van der Waals surface area (Å²) in [5.74, 6) is 0. The third-order valence-corrected chi connectivity index (χ3v) is 4.35. The average molecular weight is 275 g/mol. The molecule has 3 heteroatoms. The Balaban J connectivity index is 2.11. The molecule has 1 atom stereocenters. The molecule has 1 aromatic carbocycles. The maximum atomic E-state index is 6.26. The number of anilines is 1. The van der Waals surface area contributed by atoms with Crippen LogP contribution in [0.2, 0.25) is 0 Å². The van der Waals surface area contributed by atoms with Gasteiger partial charge in [-0.1, -0.05) is 25.1 Å². The van der Waals surface area contributed by atoms with Gasteiger partial charge in [0.25, 0.3) is 0 Å². The molecule has 0 amide bonds. The Morgan fingerprint density at radius 2 is 1.70 bits per heavy atom. The Labute approximate surface area is 123 Å². The molecule has 0 unspecified atom stereocenters. The van der Waals surface area contributed by atoms with Crippen LogP contribution in [0.1, 0.15) is 45.7 Å². The maximum absolute atomic E-state index is 6.26. The topological polar surface area (TPSA) is 32.5 Å². The zero-order valence-corrected chi connectivity index (χ0v) is 13.4. The van der Waals surface area contributed by atoms with Gasteiger partial charge in [-0.3, -0.25) is 4.90 Å². The fraction of sp³-hybridized carbons (Fsp3) is 0.647. The highest BCUT2D eigenvalue weighted by Gasteiger charge is 2.26. The van der Waals surface area contributed by atoms with Crippen LogP contribution >= 0.6 is 0 Å². The third kappa shape index (κ3) is 3.33. The predicted molar refractivity (Wildman–Crippen MR) is 87.2 cm³/mol. The number of para-hydroxylation sites is 1. The molecule has 1 fully saturated rings. The van der Waals surface area contributed by atoms with Gasteiger partial charge in [0, 0.05) is 43.4 Å². The van der Waals surface area contributed by atoms with Gasteiger partial charge in [0.15, 0.2) is 0 Å². The molecule has 1 heterocycles. The van der Waals surface area contributed by atoms with Crippen molar-refractivity contribution in [2.24, 2.45) is 5.73 Å². The molecule has 1 saturated heterocycles. The standard InChI is InChI=1S/C17H29N3/c1-5-15(18)14-8-6-7-9-16(14)19-10-12-20(13-11-19)17(2,3)4/h6-9,15H,5,10-13,18H2,1-4H3/t15-/m1/s1. The zero-order valence-electron chi connectivity index (χ0n) is 13.4. The van der Waals surface area contributed by atoms with E-state index in [2.05, 4.69) is 61.8 Å². The highest BCUT2D eigenvalue weighted by molar-refractivity contribution is 5.55. The van der Waals surface area contributed by atoms with Gasteiger partial charge in [-0.25, -0.2) is 0 Å². The van der Waals surface area contributed by atoms with E-state index in [1.807, 2.05) is 0 Å². The van der Waals surface area contributed by atoms with Gasteiger partial charge in [-0.15, -0.1) is 0 Å². The molecule has 0 aromatic heterocycles. The minimum Gasteiger partial charge on any atom is -0.369 e. The van der Waals surface area contributed by atoms with Gasteiger partial charge >= 0.3 is 0 Å². The van der Waals surface area contributed by atoms with E-state index in [-0.39, 0.29) is 11.6 Å². The molecule has 0 aliphatic carbocycles. The van der Waals surface area contributed by atoms with Crippen LogP contribution in [0.5, 0.6) is 0 Å². The Kier molecular flexibility index (Phi) is 4.71. The van der Waals surface area contributed by atoms with Crippen molar-refractivity contribution >= 4 is 5.69 Å². The quantitative estimate of drug-likeness (QED) is 0.920. The normalized spacial score (nSPS) is 19.1.